The van der Waals surface area contributed by atoms with Crippen LogP contribution in [-0.2, 0) is 14.8 Å². The molecule has 2 atom stereocenters. The predicted molar refractivity (Wildman–Crippen MR) is 76.9 cm³/mol. The van der Waals surface area contributed by atoms with Crippen LogP contribution in [0.15, 0.2) is 23.1 Å². The molecular formula is C14H19NO5S. The van der Waals surface area contributed by atoms with Gasteiger partial charge in [-0.1, -0.05) is 6.07 Å². The number of carbonyl (C=O) groups is 1. The molecule has 0 spiro atoms. The first-order valence-corrected chi connectivity index (χ1v) is 8.16. The largest absolute Gasteiger partial charge is 0.478 e. The molecule has 1 N–H and O–H groups in total. The number of sulfonamides is 1. The fourth-order valence-corrected chi connectivity index (χ4v) is 4.43. The summed E-state index contributed by atoms with van der Waals surface area (Å²) in [5.41, 5.74) is 0.266. The summed E-state index contributed by atoms with van der Waals surface area (Å²) in [4.78, 5) is 11.2. The summed E-state index contributed by atoms with van der Waals surface area (Å²) in [6.07, 6.45) is -0.377. The number of hydrogen-bond donors (Lipinski definition) is 1. The summed E-state index contributed by atoms with van der Waals surface area (Å²) in [5.74, 6) is -1.13. The number of rotatable bonds is 3. The van der Waals surface area contributed by atoms with Gasteiger partial charge in [0.1, 0.15) is 0 Å². The topological polar surface area (TPSA) is 83.9 Å². The van der Waals surface area contributed by atoms with Crippen molar-refractivity contribution in [2.45, 2.75) is 37.9 Å². The highest BCUT2D eigenvalue weighted by Crippen LogP contribution is 2.25. The van der Waals surface area contributed by atoms with Crippen LogP contribution in [0.2, 0.25) is 0 Å². The molecule has 1 heterocycles. The van der Waals surface area contributed by atoms with Crippen LogP contribution in [0, 0.1) is 6.92 Å². The van der Waals surface area contributed by atoms with Crippen LogP contribution in [0.4, 0.5) is 0 Å². The minimum absolute atomic E-state index is 0.00503. The Kier molecular flexibility index (Phi) is 4.36. The molecule has 1 aromatic carbocycles. The summed E-state index contributed by atoms with van der Waals surface area (Å²) < 4.78 is 32.4. The fourth-order valence-electron chi connectivity index (χ4n) is 2.59. The number of morpholine rings is 1. The Morgan fingerprint density at radius 2 is 1.86 bits per heavy atom. The number of carboxylic acids is 1. The highest BCUT2D eigenvalue weighted by Gasteiger charge is 2.33. The van der Waals surface area contributed by atoms with Gasteiger partial charge in [0.2, 0.25) is 10.0 Å². The van der Waals surface area contributed by atoms with Gasteiger partial charge in [0.05, 0.1) is 22.7 Å². The van der Waals surface area contributed by atoms with Crippen molar-refractivity contribution in [3.05, 3.63) is 29.3 Å². The fraction of sp³-hybridized carbons (Fsp3) is 0.500. The van der Waals surface area contributed by atoms with Crippen molar-refractivity contribution in [2.75, 3.05) is 13.1 Å². The second-order valence-electron chi connectivity index (χ2n) is 5.31. The predicted octanol–water partition coefficient (Wildman–Crippen LogP) is 1.49. The first-order chi connectivity index (χ1) is 9.73. The molecule has 1 aromatic rings. The van der Waals surface area contributed by atoms with Crippen LogP contribution in [0.1, 0.15) is 29.8 Å². The molecule has 116 valence electrons. The third kappa shape index (κ3) is 3.09. The standard InChI is InChI=1S/C14H19NO5S/c1-9-7-15(8-10(2)20-9)21(18,19)13-6-4-5-12(11(13)3)14(16)17/h4-6,9-10H,7-8H2,1-3H3,(H,16,17)/t9-,10+. The Morgan fingerprint density at radius 1 is 1.29 bits per heavy atom. The lowest BCUT2D eigenvalue weighted by Gasteiger charge is -2.34. The van der Waals surface area contributed by atoms with Crippen LogP contribution in [0.25, 0.3) is 0 Å². The molecule has 0 unspecified atom stereocenters. The minimum atomic E-state index is -3.72. The van der Waals surface area contributed by atoms with E-state index < -0.39 is 16.0 Å². The number of carboxylic acid groups (broad SMARTS) is 1. The van der Waals surface area contributed by atoms with E-state index in [-0.39, 0.29) is 41.3 Å². The van der Waals surface area contributed by atoms with E-state index in [1.807, 2.05) is 13.8 Å². The van der Waals surface area contributed by atoms with Crippen LogP contribution >= 0.6 is 0 Å². The van der Waals surface area contributed by atoms with Gasteiger partial charge >= 0.3 is 5.97 Å². The summed E-state index contributed by atoms with van der Waals surface area (Å²) in [5, 5.41) is 9.12. The molecule has 0 aromatic heterocycles. The lowest BCUT2D eigenvalue weighted by atomic mass is 10.1. The van der Waals surface area contributed by atoms with Crippen molar-refractivity contribution in [3.8, 4) is 0 Å². The zero-order valence-corrected chi connectivity index (χ0v) is 13.1. The molecule has 1 aliphatic rings. The van der Waals surface area contributed by atoms with Crippen molar-refractivity contribution < 1.29 is 23.1 Å². The van der Waals surface area contributed by atoms with Gasteiger partial charge in [-0.3, -0.25) is 0 Å². The van der Waals surface area contributed by atoms with Gasteiger partial charge in [0.15, 0.2) is 0 Å². The molecule has 0 aliphatic carbocycles. The molecule has 7 heteroatoms. The Morgan fingerprint density at radius 3 is 2.38 bits per heavy atom. The van der Waals surface area contributed by atoms with Crippen LogP contribution < -0.4 is 0 Å². The molecule has 1 aliphatic heterocycles. The van der Waals surface area contributed by atoms with Crippen LogP contribution in [0.5, 0.6) is 0 Å². The van der Waals surface area contributed by atoms with E-state index in [2.05, 4.69) is 0 Å². The Labute approximate surface area is 124 Å². The van der Waals surface area contributed by atoms with E-state index in [9.17, 15) is 13.2 Å². The zero-order chi connectivity index (χ0) is 15.8. The summed E-state index contributed by atoms with van der Waals surface area (Å²) in [6, 6.07) is 4.31. The quantitative estimate of drug-likeness (QED) is 0.914. The molecule has 0 bridgehead atoms. The highest BCUT2D eigenvalue weighted by molar-refractivity contribution is 7.89. The Hall–Kier alpha value is -1.44. The average molecular weight is 313 g/mol. The van der Waals surface area contributed by atoms with Gasteiger partial charge in [0.25, 0.3) is 0 Å². The van der Waals surface area contributed by atoms with Crippen LogP contribution in [0.3, 0.4) is 0 Å². The van der Waals surface area contributed by atoms with Crippen LogP contribution in [-0.4, -0.2) is 49.1 Å². The molecule has 2 rings (SSSR count). The molecular weight excluding hydrogens is 294 g/mol. The molecule has 1 fully saturated rings. The number of aromatic carboxylic acids is 1. The average Bonchev–Trinajstić information content (AvgIpc) is 2.37. The van der Waals surface area contributed by atoms with Crippen molar-refractivity contribution in [2.24, 2.45) is 0 Å². The van der Waals surface area contributed by atoms with E-state index in [0.29, 0.717) is 0 Å². The number of ether oxygens (including phenoxy) is 1. The molecule has 6 nitrogen and oxygen atoms in total. The van der Waals surface area contributed by atoms with Gasteiger partial charge < -0.3 is 9.84 Å². The van der Waals surface area contributed by atoms with Gasteiger partial charge in [-0.2, -0.15) is 4.31 Å². The van der Waals surface area contributed by atoms with Gasteiger partial charge in [0, 0.05) is 13.1 Å². The molecule has 0 amide bonds. The summed E-state index contributed by atoms with van der Waals surface area (Å²) >= 11 is 0. The van der Waals surface area contributed by atoms with E-state index >= 15 is 0 Å². The number of nitrogens with zero attached hydrogens (tertiary/aromatic N) is 1. The van der Waals surface area contributed by atoms with Gasteiger partial charge in [-0.15, -0.1) is 0 Å². The third-order valence-electron chi connectivity index (χ3n) is 3.52. The minimum Gasteiger partial charge on any atom is -0.478 e. The molecule has 0 radical (unpaired) electrons. The second-order valence-corrected chi connectivity index (χ2v) is 7.22. The normalized spacial score (nSPS) is 24.0. The van der Waals surface area contributed by atoms with Crippen molar-refractivity contribution in [3.63, 3.8) is 0 Å². The Balaban J connectivity index is 2.45. The van der Waals surface area contributed by atoms with E-state index in [0.717, 1.165) is 0 Å². The maximum Gasteiger partial charge on any atom is 0.335 e. The zero-order valence-electron chi connectivity index (χ0n) is 12.2. The second kappa shape index (κ2) is 5.75. The lowest BCUT2D eigenvalue weighted by molar-refractivity contribution is -0.0441. The maximum absolute atomic E-state index is 12.8. The molecule has 0 saturated carbocycles. The molecule has 21 heavy (non-hydrogen) atoms. The van der Waals surface area contributed by atoms with Crippen molar-refractivity contribution in [1.82, 2.24) is 4.31 Å². The van der Waals surface area contributed by atoms with Crippen molar-refractivity contribution >= 4 is 16.0 Å². The van der Waals surface area contributed by atoms with E-state index in [1.165, 1.54) is 29.4 Å². The Bertz CT molecular complexity index is 645. The number of benzene rings is 1. The van der Waals surface area contributed by atoms with Crippen molar-refractivity contribution in [1.29, 1.82) is 0 Å². The molecule has 1 saturated heterocycles. The SMILES string of the molecule is Cc1c(C(=O)O)cccc1S(=O)(=O)N1C[C@@H](C)O[C@@H](C)C1. The van der Waals surface area contributed by atoms with Gasteiger partial charge in [-0.25, -0.2) is 13.2 Å². The third-order valence-corrected chi connectivity index (χ3v) is 5.49. The first-order valence-electron chi connectivity index (χ1n) is 6.72. The summed E-state index contributed by atoms with van der Waals surface area (Å²) in [6.45, 7) is 5.69. The lowest BCUT2D eigenvalue weighted by Crippen LogP contribution is -2.48. The number of hydrogen-bond acceptors (Lipinski definition) is 4. The van der Waals surface area contributed by atoms with E-state index in [1.54, 1.807) is 0 Å². The smallest absolute Gasteiger partial charge is 0.335 e. The highest BCUT2D eigenvalue weighted by atomic mass is 32.2. The van der Waals surface area contributed by atoms with E-state index in [4.69, 9.17) is 9.84 Å². The maximum atomic E-state index is 12.8. The summed E-state index contributed by atoms with van der Waals surface area (Å²) in [7, 11) is -3.72. The van der Waals surface area contributed by atoms with Gasteiger partial charge in [-0.05, 0) is 38.5 Å². The monoisotopic (exact) mass is 313 g/mol. The first kappa shape index (κ1) is 15.9.